The average Bonchev–Trinajstić information content (AvgIpc) is 3.44. The van der Waals surface area contributed by atoms with Gasteiger partial charge in [-0.3, -0.25) is 4.79 Å². The molecule has 6 rings (SSSR count). The van der Waals surface area contributed by atoms with Crippen molar-refractivity contribution in [1.29, 1.82) is 0 Å². The highest BCUT2D eigenvalue weighted by molar-refractivity contribution is 7.89. The summed E-state index contributed by atoms with van der Waals surface area (Å²) in [6.45, 7) is 3.98. The number of benzene rings is 3. The molecule has 0 bridgehead atoms. The molecule has 1 saturated heterocycles. The number of hydrogen-bond acceptors (Lipinski definition) is 4. The van der Waals surface area contributed by atoms with Gasteiger partial charge in [0.1, 0.15) is 5.82 Å². The number of sulfonamides is 1. The zero-order valence-electron chi connectivity index (χ0n) is 21.5. The Balaban J connectivity index is 1.46. The van der Waals surface area contributed by atoms with Crippen LogP contribution in [0, 0.1) is 5.82 Å². The number of morpholine rings is 1. The second-order valence-electron chi connectivity index (χ2n) is 9.62. The number of carbonyl (C=O) groups excluding carboxylic acids is 1. The third-order valence-corrected chi connectivity index (χ3v) is 9.26. The van der Waals surface area contributed by atoms with Gasteiger partial charge >= 0.3 is 0 Å². The van der Waals surface area contributed by atoms with Gasteiger partial charge in [0.05, 0.1) is 30.3 Å². The highest BCUT2D eigenvalue weighted by Crippen LogP contribution is 2.40. The van der Waals surface area contributed by atoms with Crippen LogP contribution in [0.2, 0.25) is 0 Å². The van der Waals surface area contributed by atoms with Gasteiger partial charge in [0, 0.05) is 59.0 Å². The van der Waals surface area contributed by atoms with Crippen LogP contribution in [-0.2, 0) is 26.1 Å². The van der Waals surface area contributed by atoms with Crippen molar-refractivity contribution in [1.82, 2.24) is 8.87 Å². The van der Waals surface area contributed by atoms with E-state index < -0.39 is 10.0 Å². The fourth-order valence-corrected chi connectivity index (χ4v) is 6.81. The Morgan fingerprint density at radius 1 is 1.00 bits per heavy atom. The van der Waals surface area contributed by atoms with Crippen LogP contribution in [-0.4, -0.2) is 56.0 Å². The van der Waals surface area contributed by atoms with Crippen molar-refractivity contribution in [3.05, 3.63) is 95.4 Å². The number of fused-ring (bicyclic) bond motifs is 2. The van der Waals surface area contributed by atoms with E-state index in [0.717, 1.165) is 16.5 Å². The molecular weight excluding hydrogens is 517 g/mol. The predicted octanol–water partition coefficient (Wildman–Crippen LogP) is 4.76. The van der Waals surface area contributed by atoms with Gasteiger partial charge in [-0.1, -0.05) is 36.4 Å². The van der Waals surface area contributed by atoms with Crippen LogP contribution in [0.5, 0.6) is 0 Å². The van der Waals surface area contributed by atoms with E-state index in [1.165, 1.54) is 10.4 Å². The molecule has 0 unspecified atom stereocenters. The average molecular weight is 546 g/mol. The summed E-state index contributed by atoms with van der Waals surface area (Å²) in [5, 5.41) is 0.919. The summed E-state index contributed by atoms with van der Waals surface area (Å²) in [5.41, 5.74) is 3.98. The molecule has 2 aliphatic heterocycles. The normalized spacial score (nSPS) is 17.3. The lowest BCUT2D eigenvalue weighted by Gasteiger charge is -2.26. The number of likely N-dealkylation sites (N-methyl/N-ethyl adjacent to an activating group) is 1. The maximum absolute atomic E-state index is 14.4. The molecule has 0 aliphatic carbocycles. The van der Waals surface area contributed by atoms with Crippen molar-refractivity contribution in [3.63, 3.8) is 0 Å². The summed E-state index contributed by atoms with van der Waals surface area (Å²) in [5.74, 6) is -0.456. The van der Waals surface area contributed by atoms with Crippen molar-refractivity contribution in [3.8, 4) is 0 Å². The molecule has 39 heavy (non-hydrogen) atoms. The SMILES string of the molecule is CCN1C(=O)/C(=C\c2cn(Cc3ccccc3F)c3ccccc23)c2cc(S(=O)(=O)N3CCOCC3)ccc21. The van der Waals surface area contributed by atoms with E-state index in [2.05, 4.69) is 0 Å². The number of para-hydroxylation sites is 1. The number of nitrogens with zero attached hydrogens (tertiary/aromatic N) is 3. The first-order valence-corrected chi connectivity index (χ1v) is 14.4. The van der Waals surface area contributed by atoms with Gasteiger partial charge in [0.15, 0.2) is 0 Å². The molecule has 3 aromatic carbocycles. The topological polar surface area (TPSA) is 71.9 Å². The number of anilines is 1. The Kier molecular flexibility index (Phi) is 6.58. The van der Waals surface area contributed by atoms with Gasteiger partial charge in [-0.2, -0.15) is 4.31 Å². The Labute approximate surface area is 226 Å². The summed E-state index contributed by atoms with van der Waals surface area (Å²) >= 11 is 0. The van der Waals surface area contributed by atoms with Crippen LogP contribution in [0.15, 0.2) is 77.8 Å². The summed E-state index contributed by atoms with van der Waals surface area (Å²) in [6.07, 6.45) is 3.74. The molecule has 9 heteroatoms. The molecule has 0 radical (unpaired) electrons. The molecule has 0 N–H and O–H groups in total. The predicted molar refractivity (Wildman–Crippen MR) is 149 cm³/mol. The van der Waals surface area contributed by atoms with Gasteiger partial charge in [-0.25, -0.2) is 12.8 Å². The Morgan fingerprint density at radius 2 is 1.74 bits per heavy atom. The minimum absolute atomic E-state index is 0.154. The maximum Gasteiger partial charge on any atom is 0.258 e. The first kappa shape index (κ1) is 25.5. The van der Waals surface area contributed by atoms with E-state index in [1.807, 2.05) is 54.1 Å². The van der Waals surface area contributed by atoms with Gasteiger partial charge < -0.3 is 14.2 Å². The fraction of sp³-hybridized carbons (Fsp3) is 0.233. The summed E-state index contributed by atoms with van der Waals surface area (Å²) in [6, 6.07) is 19.4. The van der Waals surface area contributed by atoms with E-state index in [1.54, 1.807) is 35.2 Å². The number of hydrogen-bond donors (Lipinski definition) is 0. The highest BCUT2D eigenvalue weighted by Gasteiger charge is 2.34. The van der Waals surface area contributed by atoms with Crippen LogP contribution in [0.25, 0.3) is 22.6 Å². The van der Waals surface area contributed by atoms with Crippen LogP contribution >= 0.6 is 0 Å². The zero-order chi connectivity index (χ0) is 27.1. The van der Waals surface area contributed by atoms with Crippen LogP contribution in [0.1, 0.15) is 23.6 Å². The molecule has 1 amide bonds. The maximum atomic E-state index is 14.4. The van der Waals surface area contributed by atoms with Crippen molar-refractivity contribution < 1.29 is 22.3 Å². The molecule has 0 spiro atoms. The molecule has 0 atom stereocenters. The monoisotopic (exact) mass is 545 g/mol. The smallest absolute Gasteiger partial charge is 0.258 e. The van der Waals surface area contributed by atoms with Gasteiger partial charge in [0.25, 0.3) is 5.91 Å². The molecule has 2 aliphatic rings. The van der Waals surface area contributed by atoms with Crippen LogP contribution < -0.4 is 4.90 Å². The van der Waals surface area contributed by atoms with Gasteiger partial charge in [-0.05, 0) is 43.3 Å². The lowest BCUT2D eigenvalue weighted by atomic mass is 10.0. The number of aromatic nitrogens is 1. The van der Waals surface area contributed by atoms with E-state index in [4.69, 9.17) is 4.74 Å². The van der Waals surface area contributed by atoms with E-state index in [9.17, 15) is 17.6 Å². The molecule has 4 aromatic rings. The Morgan fingerprint density at radius 3 is 2.51 bits per heavy atom. The Hall–Kier alpha value is -3.79. The van der Waals surface area contributed by atoms with E-state index >= 15 is 0 Å². The van der Waals surface area contributed by atoms with Gasteiger partial charge in [-0.15, -0.1) is 0 Å². The first-order chi connectivity index (χ1) is 18.9. The largest absolute Gasteiger partial charge is 0.379 e. The summed E-state index contributed by atoms with van der Waals surface area (Å²) in [4.78, 5) is 15.4. The van der Waals surface area contributed by atoms with Crippen molar-refractivity contribution in [2.45, 2.75) is 18.4 Å². The zero-order valence-corrected chi connectivity index (χ0v) is 22.3. The van der Waals surface area contributed by atoms with Crippen molar-refractivity contribution in [2.24, 2.45) is 0 Å². The highest BCUT2D eigenvalue weighted by atomic mass is 32.2. The molecule has 1 aromatic heterocycles. The number of ether oxygens (including phenoxy) is 1. The fourth-order valence-electron chi connectivity index (χ4n) is 5.37. The first-order valence-electron chi connectivity index (χ1n) is 13.0. The number of amides is 1. The Bertz CT molecular complexity index is 1720. The number of carbonyl (C=O) groups is 1. The number of rotatable bonds is 6. The number of halogens is 1. The minimum atomic E-state index is -3.73. The molecule has 0 saturated carbocycles. The molecule has 1 fully saturated rings. The van der Waals surface area contributed by atoms with Gasteiger partial charge in [0.2, 0.25) is 10.0 Å². The van der Waals surface area contributed by atoms with E-state index in [0.29, 0.717) is 61.8 Å². The van der Waals surface area contributed by atoms with Crippen LogP contribution in [0.3, 0.4) is 0 Å². The van der Waals surface area contributed by atoms with Crippen LogP contribution in [0.4, 0.5) is 10.1 Å². The molecule has 7 nitrogen and oxygen atoms in total. The molecule has 200 valence electrons. The second kappa shape index (κ2) is 10.1. The lowest BCUT2D eigenvalue weighted by Crippen LogP contribution is -2.40. The standard InChI is InChI=1S/C30H28FN3O4S/c1-2-34-29-12-11-23(39(36,37)33-13-15-38-16-14-33)18-25(29)26(30(34)35)17-22-20-32(28-10-6-4-8-24(22)28)19-21-7-3-5-9-27(21)31/h3-12,17-18,20H,2,13-16,19H2,1H3/b26-17-. The summed E-state index contributed by atoms with van der Waals surface area (Å²) in [7, 11) is -3.73. The van der Waals surface area contributed by atoms with Crippen molar-refractivity contribution in [2.75, 3.05) is 37.7 Å². The third-order valence-electron chi connectivity index (χ3n) is 7.37. The lowest BCUT2D eigenvalue weighted by molar-refractivity contribution is -0.112. The molecular formula is C30H28FN3O4S. The molecule has 3 heterocycles. The quantitative estimate of drug-likeness (QED) is 0.328. The van der Waals surface area contributed by atoms with E-state index in [-0.39, 0.29) is 16.6 Å². The van der Waals surface area contributed by atoms with Crippen molar-refractivity contribution >= 4 is 44.2 Å². The second-order valence-corrected chi connectivity index (χ2v) is 11.6. The minimum Gasteiger partial charge on any atom is -0.379 e. The summed E-state index contributed by atoms with van der Waals surface area (Å²) < 4.78 is 49.9. The third kappa shape index (κ3) is 4.46.